The number of nitrogens with zero attached hydrogens (tertiary/aromatic N) is 2. The molecule has 2 aliphatic heterocycles. The Labute approximate surface area is 157 Å². The number of morpholine rings is 1. The Morgan fingerprint density at radius 3 is 2.44 bits per heavy atom. The highest BCUT2D eigenvalue weighted by Crippen LogP contribution is 2.27. The van der Waals surface area contributed by atoms with Crippen LogP contribution in [0.15, 0.2) is 23.1 Å². The lowest BCUT2D eigenvalue weighted by atomic mass is 9.94. The van der Waals surface area contributed by atoms with Gasteiger partial charge in [-0.05, 0) is 37.3 Å². The number of likely N-dealkylation sites (tertiary alicyclic amines) is 1. The van der Waals surface area contributed by atoms with Crippen LogP contribution in [0.25, 0.3) is 0 Å². The quantitative estimate of drug-likeness (QED) is 0.754. The number of benzene rings is 1. The second-order valence-electron chi connectivity index (χ2n) is 6.35. The number of halogens is 1. The van der Waals surface area contributed by atoms with Gasteiger partial charge in [0.1, 0.15) is 0 Å². The monoisotopic (exact) mass is 382 g/mol. The first-order chi connectivity index (χ1) is 12.1. The molecule has 5 nitrogen and oxygen atoms in total. The van der Waals surface area contributed by atoms with Crippen LogP contribution in [-0.4, -0.2) is 67.3 Å². The molecule has 25 heavy (non-hydrogen) atoms. The number of thioether (sulfide) groups is 1. The van der Waals surface area contributed by atoms with Gasteiger partial charge in [-0.25, -0.2) is 0 Å². The van der Waals surface area contributed by atoms with Crippen molar-refractivity contribution in [1.29, 1.82) is 0 Å². The van der Waals surface area contributed by atoms with Gasteiger partial charge >= 0.3 is 0 Å². The predicted octanol–water partition coefficient (Wildman–Crippen LogP) is 2.77. The van der Waals surface area contributed by atoms with E-state index >= 15 is 0 Å². The third-order valence-electron chi connectivity index (χ3n) is 4.86. The summed E-state index contributed by atoms with van der Waals surface area (Å²) in [7, 11) is 0. The summed E-state index contributed by atoms with van der Waals surface area (Å²) in [5.74, 6) is 0.172. The molecule has 0 radical (unpaired) electrons. The highest BCUT2D eigenvalue weighted by atomic mass is 35.5. The largest absolute Gasteiger partial charge is 0.378 e. The van der Waals surface area contributed by atoms with Gasteiger partial charge in [0.25, 0.3) is 5.91 Å². The summed E-state index contributed by atoms with van der Waals surface area (Å²) in [6, 6.07) is 5.53. The van der Waals surface area contributed by atoms with Crippen molar-refractivity contribution in [2.24, 2.45) is 5.92 Å². The van der Waals surface area contributed by atoms with Crippen molar-refractivity contribution >= 4 is 35.2 Å². The van der Waals surface area contributed by atoms with E-state index in [1.807, 2.05) is 28.2 Å². The minimum absolute atomic E-state index is 0.00940. The van der Waals surface area contributed by atoms with E-state index in [1.54, 1.807) is 17.8 Å². The third kappa shape index (κ3) is 4.30. The fourth-order valence-electron chi connectivity index (χ4n) is 3.34. The maximum absolute atomic E-state index is 12.8. The first kappa shape index (κ1) is 18.5. The molecule has 1 aromatic carbocycles. The van der Waals surface area contributed by atoms with E-state index in [1.165, 1.54) is 0 Å². The van der Waals surface area contributed by atoms with Crippen LogP contribution in [0.4, 0.5) is 0 Å². The second-order valence-corrected chi connectivity index (χ2v) is 7.64. The Balaban J connectivity index is 1.60. The van der Waals surface area contributed by atoms with Gasteiger partial charge in [0.15, 0.2) is 0 Å². The van der Waals surface area contributed by atoms with Gasteiger partial charge in [-0.15, -0.1) is 11.8 Å². The van der Waals surface area contributed by atoms with Gasteiger partial charge in [0, 0.05) is 37.0 Å². The number of ether oxygens (including phenoxy) is 1. The van der Waals surface area contributed by atoms with Gasteiger partial charge < -0.3 is 14.5 Å². The van der Waals surface area contributed by atoms with Crippen molar-refractivity contribution in [3.8, 4) is 0 Å². The molecule has 0 saturated carbocycles. The zero-order valence-electron chi connectivity index (χ0n) is 14.4. The normalized spacial score (nSPS) is 19.1. The molecular weight excluding hydrogens is 360 g/mol. The molecule has 136 valence electrons. The first-order valence-electron chi connectivity index (χ1n) is 8.59. The van der Waals surface area contributed by atoms with Crippen molar-refractivity contribution in [3.63, 3.8) is 0 Å². The first-order valence-corrected chi connectivity index (χ1v) is 10.2. The Bertz CT molecular complexity index is 641. The number of hydrogen-bond acceptors (Lipinski definition) is 4. The van der Waals surface area contributed by atoms with Crippen LogP contribution >= 0.6 is 23.4 Å². The molecule has 3 rings (SSSR count). The lowest BCUT2D eigenvalue weighted by Gasteiger charge is -2.35. The summed E-state index contributed by atoms with van der Waals surface area (Å²) in [5, 5.41) is 0.481. The van der Waals surface area contributed by atoms with Crippen molar-refractivity contribution in [2.75, 3.05) is 45.6 Å². The molecule has 0 atom stereocenters. The van der Waals surface area contributed by atoms with Crippen LogP contribution in [0.1, 0.15) is 23.2 Å². The fraction of sp³-hybridized carbons (Fsp3) is 0.556. The molecule has 2 heterocycles. The predicted molar refractivity (Wildman–Crippen MR) is 99.3 cm³/mol. The van der Waals surface area contributed by atoms with Crippen molar-refractivity contribution in [2.45, 2.75) is 17.7 Å². The molecule has 7 heteroatoms. The smallest absolute Gasteiger partial charge is 0.255 e. The number of amides is 2. The molecule has 2 saturated heterocycles. The molecule has 0 spiro atoms. The van der Waals surface area contributed by atoms with Crippen LogP contribution in [0, 0.1) is 5.92 Å². The number of rotatable bonds is 3. The van der Waals surface area contributed by atoms with E-state index in [4.69, 9.17) is 16.3 Å². The van der Waals surface area contributed by atoms with E-state index in [9.17, 15) is 9.59 Å². The highest BCUT2D eigenvalue weighted by Gasteiger charge is 2.31. The van der Waals surface area contributed by atoms with Crippen LogP contribution in [0.2, 0.25) is 5.02 Å². The van der Waals surface area contributed by atoms with E-state index in [0.29, 0.717) is 62.8 Å². The molecule has 2 amide bonds. The molecule has 0 N–H and O–H groups in total. The van der Waals surface area contributed by atoms with E-state index in [0.717, 1.165) is 4.90 Å². The number of carbonyl (C=O) groups excluding carboxylic acids is 2. The Morgan fingerprint density at radius 2 is 1.80 bits per heavy atom. The molecule has 0 aromatic heterocycles. The zero-order chi connectivity index (χ0) is 17.8. The summed E-state index contributed by atoms with van der Waals surface area (Å²) in [6.45, 7) is 3.78. The SMILES string of the molecule is CSc1ccc(Cl)c(C(=O)N2CCC(C(=O)N3CCOCC3)CC2)c1. The summed E-state index contributed by atoms with van der Waals surface area (Å²) in [5.41, 5.74) is 0.548. The molecule has 2 aliphatic rings. The number of piperidine rings is 1. The topological polar surface area (TPSA) is 49.9 Å². The van der Waals surface area contributed by atoms with Gasteiger partial charge in [0.05, 0.1) is 23.8 Å². The van der Waals surface area contributed by atoms with Gasteiger partial charge in [-0.3, -0.25) is 9.59 Å². The Kier molecular flexibility index (Phi) is 6.25. The van der Waals surface area contributed by atoms with E-state index < -0.39 is 0 Å². The molecular formula is C18H23ClN2O3S. The van der Waals surface area contributed by atoms with E-state index in [-0.39, 0.29) is 17.7 Å². The van der Waals surface area contributed by atoms with Crippen LogP contribution < -0.4 is 0 Å². The van der Waals surface area contributed by atoms with Crippen LogP contribution in [-0.2, 0) is 9.53 Å². The van der Waals surface area contributed by atoms with Gasteiger partial charge in [-0.1, -0.05) is 11.6 Å². The zero-order valence-corrected chi connectivity index (χ0v) is 15.9. The number of hydrogen-bond donors (Lipinski definition) is 0. The minimum Gasteiger partial charge on any atom is -0.378 e. The Hall–Kier alpha value is -1.24. The minimum atomic E-state index is -0.0434. The molecule has 0 aliphatic carbocycles. The number of carbonyl (C=O) groups is 2. The third-order valence-corrected chi connectivity index (χ3v) is 5.91. The maximum Gasteiger partial charge on any atom is 0.255 e. The molecule has 2 fully saturated rings. The second kappa shape index (κ2) is 8.43. The summed E-state index contributed by atoms with van der Waals surface area (Å²) >= 11 is 7.80. The van der Waals surface area contributed by atoms with Crippen molar-refractivity contribution in [1.82, 2.24) is 9.80 Å². The van der Waals surface area contributed by atoms with Crippen molar-refractivity contribution in [3.05, 3.63) is 28.8 Å². The van der Waals surface area contributed by atoms with Crippen LogP contribution in [0.3, 0.4) is 0 Å². The van der Waals surface area contributed by atoms with Crippen LogP contribution in [0.5, 0.6) is 0 Å². The summed E-state index contributed by atoms with van der Waals surface area (Å²) < 4.78 is 5.30. The maximum atomic E-state index is 12.8. The summed E-state index contributed by atoms with van der Waals surface area (Å²) in [6.07, 6.45) is 3.39. The molecule has 0 unspecified atom stereocenters. The molecule has 0 bridgehead atoms. The van der Waals surface area contributed by atoms with E-state index in [2.05, 4.69) is 0 Å². The fourth-order valence-corrected chi connectivity index (χ4v) is 3.98. The van der Waals surface area contributed by atoms with Gasteiger partial charge in [0.2, 0.25) is 5.91 Å². The average Bonchev–Trinajstić information content (AvgIpc) is 2.68. The van der Waals surface area contributed by atoms with Gasteiger partial charge in [-0.2, -0.15) is 0 Å². The lowest BCUT2D eigenvalue weighted by molar-refractivity contribution is -0.141. The average molecular weight is 383 g/mol. The lowest BCUT2D eigenvalue weighted by Crippen LogP contribution is -2.47. The van der Waals surface area contributed by atoms with Crippen molar-refractivity contribution < 1.29 is 14.3 Å². The molecule has 1 aromatic rings. The highest BCUT2D eigenvalue weighted by molar-refractivity contribution is 7.98. The standard InChI is InChI=1S/C18H23ClN2O3S/c1-25-14-2-3-16(19)15(12-14)18(23)20-6-4-13(5-7-20)17(22)21-8-10-24-11-9-21/h2-3,12-13H,4-11H2,1H3. The summed E-state index contributed by atoms with van der Waals surface area (Å²) in [4.78, 5) is 30.1. The Morgan fingerprint density at radius 1 is 1.12 bits per heavy atom.